The van der Waals surface area contributed by atoms with E-state index >= 15 is 0 Å². The zero-order chi connectivity index (χ0) is 12.0. The van der Waals surface area contributed by atoms with E-state index in [1.54, 1.807) is 0 Å². The Morgan fingerprint density at radius 2 is 2.38 bits per heavy atom. The number of hydrogen-bond acceptors (Lipinski definition) is 3. The number of nitrogens with one attached hydrogen (secondary N) is 1. The van der Waals surface area contributed by atoms with Crippen LogP contribution >= 0.6 is 0 Å². The molecule has 16 heavy (non-hydrogen) atoms. The SMILES string of the molecule is CC(C)CN=C(NN)N1CCCOC(C)C1. The summed E-state index contributed by atoms with van der Waals surface area (Å²) in [6.07, 6.45) is 1.26. The molecule has 0 aromatic carbocycles. The van der Waals surface area contributed by atoms with Crippen LogP contribution in [0.5, 0.6) is 0 Å². The molecule has 0 spiro atoms. The first-order chi connectivity index (χ1) is 7.63. The van der Waals surface area contributed by atoms with Gasteiger partial charge in [-0.2, -0.15) is 0 Å². The van der Waals surface area contributed by atoms with Gasteiger partial charge >= 0.3 is 0 Å². The van der Waals surface area contributed by atoms with Crippen LogP contribution in [0.4, 0.5) is 0 Å². The highest BCUT2D eigenvalue weighted by atomic mass is 16.5. The van der Waals surface area contributed by atoms with Crippen LogP contribution in [-0.2, 0) is 4.74 Å². The van der Waals surface area contributed by atoms with Crippen molar-refractivity contribution in [1.29, 1.82) is 0 Å². The summed E-state index contributed by atoms with van der Waals surface area (Å²) in [6, 6.07) is 0. The van der Waals surface area contributed by atoms with Crippen molar-refractivity contribution in [2.75, 3.05) is 26.2 Å². The smallest absolute Gasteiger partial charge is 0.208 e. The summed E-state index contributed by atoms with van der Waals surface area (Å²) in [5.74, 6) is 6.85. The van der Waals surface area contributed by atoms with Gasteiger partial charge in [-0.05, 0) is 19.3 Å². The molecule has 0 radical (unpaired) electrons. The zero-order valence-electron chi connectivity index (χ0n) is 10.6. The largest absolute Gasteiger partial charge is 0.377 e. The van der Waals surface area contributed by atoms with Crippen molar-refractivity contribution in [3.8, 4) is 0 Å². The summed E-state index contributed by atoms with van der Waals surface area (Å²) >= 11 is 0. The minimum absolute atomic E-state index is 0.236. The van der Waals surface area contributed by atoms with E-state index < -0.39 is 0 Å². The van der Waals surface area contributed by atoms with Gasteiger partial charge in [-0.1, -0.05) is 13.8 Å². The molecule has 0 bridgehead atoms. The molecule has 5 heteroatoms. The molecule has 1 heterocycles. The molecular formula is C11H24N4O. The lowest BCUT2D eigenvalue weighted by molar-refractivity contribution is 0.0740. The van der Waals surface area contributed by atoms with Crippen LogP contribution in [0.1, 0.15) is 27.2 Å². The van der Waals surface area contributed by atoms with Crippen molar-refractivity contribution in [3.63, 3.8) is 0 Å². The minimum atomic E-state index is 0.236. The monoisotopic (exact) mass is 228 g/mol. The third-order valence-corrected chi connectivity index (χ3v) is 2.49. The summed E-state index contributed by atoms with van der Waals surface area (Å²) in [5.41, 5.74) is 2.70. The second-order valence-corrected chi connectivity index (χ2v) is 4.68. The van der Waals surface area contributed by atoms with Gasteiger partial charge in [0.05, 0.1) is 6.10 Å². The number of hydrazine groups is 1. The fourth-order valence-corrected chi connectivity index (χ4v) is 1.69. The number of rotatable bonds is 2. The fourth-order valence-electron chi connectivity index (χ4n) is 1.69. The predicted octanol–water partition coefficient (Wildman–Crippen LogP) is 0.573. The molecule has 1 fully saturated rings. The van der Waals surface area contributed by atoms with Gasteiger partial charge in [0.15, 0.2) is 0 Å². The molecule has 3 N–H and O–H groups in total. The van der Waals surface area contributed by atoms with Crippen LogP contribution in [0.25, 0.3) is 0 Å². The number of ether oxygens (including phenoxy) is 1. The Hall–Kier alpha value is -0.810. The van der Waals surface area contributed by atoms with Gasteiger partial charge in [0, 0.05) is 26.2 Å². The average molecular weight is 228 g/mol. The van der Waals surface area contributed by atoms with Gasteiger partial charge in [-0.3, -0.25) is 10.4 Å². The average Bonchev–Trinajstić information content (AvgIpc) is 2.44. The van der Waals surface area contributed by atoms with Crippen molar-refractivity contribution >= 4 is 5.96 Å². The molecule has 0 aromatic rings. The van der Waals surface area contributed by atoms with Gasteiger partial charge in [-0.25, -0.2) is 5.84 Å². The van der Waals surface area contributed by atoms with Gasteiger partial charge in [0.25, 0.3) is 0 Å². The van der Waals surface area contributed by atoms with E-state index in [2.05, 4.69) is 36.1 Å². The molecule has 1 rings (SSSR count). The van der Waals surface area contributed by atoms with Crippen molar-refractivity contribution in [1.82, 2.24) is 10.3 Å². The maximum atomic E-state index is 5.59. The Balaban J connectivity index is 2.59. The van der Waals surface area contributed by atoms with Gasteiger partial charge < -0.3 is 9.64 Å². The lowest BCUT2D eigenvalue weighted by Gasteiger charge is -2.25. The van der Waals surface area contributed by atoms with Crippen LogP contribution in [0.15, 0.2) is 4.99 Å². The molecule has 0 saturated carbocycles. The van der Waals surface area contributed by atoms with Crippen molar-refractivity contribution in [2.45, 2.75) is 33.3 Å². The Morgan fingerprint density at radius 1 is 1.62 bits per heavy atom. The van der Waals surface area contributed by atoms with E-state index in [-0.39, 0.29) is 6.10 Å². The molecule has 1 unspecified atom stereocenters. The summed E-state index contributed by atoms with van der Waals surface area (Å²) in [5, 5.41) is 0. The number of hydrogen-bond donors (Lipinski definition) is 2. The summed E-state index contributed by atoms with van der Waals surface area (Å²) in [4.78, 5) is 6.66. The molecule has 1 aliphatic heterocycles. The fraction of sp³-hybridized carbons (Fsp3) is 0.909. The first-order valence-corrected chi connectivity index (χ1v) is 6.01. The molecule has 0 aliphatic carbocycles. The Labute approximate surface area is 98.0 Å². The van der Waals surface area contributed by atoms with Crippen molar-refractivity contribution in [2.24, 2.45) is 16.8 Å². The van der Waals surface area contributed by atoms with Crippen molar-refractivity contribution in [3.05, 3.63) is 0 Å². The van der Waals surface area contributed by atoms with Crippen molar-refractivity contribution < 1.29 is 4.74 Å². The molecule has 0 amide bonds. The normalized spacial score (nSPS) is 23.4. The predicted molar refractivity (Wildman–Crippen MR) is 66.1 cm³/mol. The molecule has 1 aliphatic rings. The second-order valence-electron chi connectivity index (χ2n) is 4.68. The van der Waals surface area contributed by atoms with Crippen LogP contribution in [0.2, 0.25) is 0 Å². The standard InChI is InChI=1S/C11H24N4O/c1-9(2)7-13-11(14-12)15-5-4-6-16-10(3)8-15/h9-10H,4-8,12H2,1-3H3,(H,13,14). The van der Waals surface area contributed by atoms with Crippen LogP contribution < -0.4 is 11.3 Å². The third kappa shape index (κ3) is 4.37. The van der Waals surface area contributed by atoms with Gasteiger partial charge in [0.1, 0.15) is 0 Å². The van der Waals surface area contributed by atoms with Gasteiger partial charge in [-0.15, -0.1) is 0 Å². The Bertz CT molecular complexity index is 230. The summed E-state index contributed by atoms with van der Waals surface area (Å²) in [7, 11) is 0. The quantitative estimate of drug-likeness (QED) is 0.314. The molecule has 5 nitrogen and oxygen atoms in total. The maximum absolute atomic E-state index is 5.59. The molecular weight excluding hydrogens is 204 g/mol. The van der Waals surface area contributed by atoms with Crippen LogP contribution in [0, 0.1) is 5.92 Å². The van der Waals surface area contributed by atoms with Crippen LogP contribution in [0.3, 0.4) is 0 Å². The topological polar surface area (TPSA) is 62.9 Å². The van der Waals surface area contributed by atoms with E-state index in [1.807, 2.05) is 0 Å². The Kier molecular flexibility index (Phi) is 5.55. The highest BCUT2D eigenvalue weighted by Gasteiger charge is 2.17. The second kappa shape index (κ2) is 6.70. The molecule has 1 atom stereocenters. The number of nitrogens with two attached hydrogens (primary N) is 1. The lowest BCUT2D eigenvalue weighted by atomic mass is 10.2. The first kappa shape index (κ1) is 13.3. The van der Waals surface area contributed by atoms with E-state index in [9.17, 15) is 0 Å². The highest BCUT2D eigenvalue weighted by molar-refractivity contribution is 5.79. The van der Waals surface area contributed by atoms with E-state index in [0.29, 0.717) is 5.92 Å². The summed E-state index contributed by atoms with van der Waals surface area (Å²) in [6.45, 7) is 9.78. The Morgan fingerprint density at radius 3 is 3.00 bits per heavy atom. The molecule has 1 saturated heterocycles. The zero-order valence-corrected chi connectivity index (χ0v) is 10.6. The number of nitrogens with zero attached hydrogens (tertiary/aromatic N) is 2. The minimum Gasteiger partial charge on any atom is -0.377 e. The number of aliphatic imine (C=N–C) groups is 1. The van der Waals surface area contributed by atoms with E-state index in [0.717, 1.165) is 38.6 Å². The highest BCUT2D eigenvalue weighted by Crippen LogP contribution is 2.05. The van der Waals surface area contributed by atoms with Gasteiger partial charge in [0.2, 0.25) is 5.96 Å². The van der Waals surface area contributed by atoms with E-state index in [1.165, 1.54) is 0 Å². The first-order valence-electron chi connectivity index (χ1n) is 6.01. The van der Waals surface area contributed by atoms with E-state index in [4.69, 9.17) is 10.6 Å². The molecule has 0 aromatic heterocycles. The number of guanidine groups is 1. The maximum Gasteiger partial charge on any atom is 0.208 e. The molecule has 94 valence electrons. The third-order valence-electron chi connectivity index (χ3n) is 2.49. The van der Waals surface area contributed by atoms with Crippen LogP contribution in [-0.4, -0.2) is 43.2 Å². The summed E-state index contributed by atoms with van der Waals surface area (Å²) < 4.78 is 5.59. The lowest BCUT2D eigenvalue weighted by Crippen LogP contribution is -2.47.